The Bertz CT molecular complexity index is 440. The minimum Gasteiger partial charge on any atom is -0.355 e. The molecule has 1 unspecified atom stereocenters. The summed E-state index contributed by atoms with van der Waals surface area (Å²) in [6.45, 7) is 3.34. The predicted molar refractivity (Wildman–Crippen MR) is 87.7 cm³/mol. The number of rotatable bonds is 7. The quantitative estimate of drug-likeness (QED) is 0.814. The van der Waals surface area contributed by atoms with Crippen LogP contribution in [0.4, 0.5) is 0 Å². The lowest BCUT2D eigenvalue weighted by molar-refractivity contribution is -0.124. The van der Waals surface area contributed by atoms with Crippen molar-refractivity contribution in [3.63, 3.8) is 0 Å². The molecule has 0 bridgehead atoms. The molecule has 1 fully saturated rings. The van der Waals surface area contributed by atoms with E-state index >= 15 is 0 Å². The Morgan fingerprint density at radius 1 is 1.43 bits per heavy atom. The topological polar surface area (TPSA) is 54.0 Å². The summed E-state index contributed by atoms with van der Waals surface area (Å²) < 4.78 is 0. The Morgan fingerprint density at radius 2 is 2.19 bits per heavy atom. The van der Waals surface area contributed by atoms with E-state index in [9.17, 15) is 4.79 Å². The molecule has 5 heteroatoms. The van der Waals surface area contributed by atoms with Crippen molar-refractivity contribution in [1.82, 2.24) is 15.6 Å². The molecular formula is C16H27N3OS. The van der Waals surface area contributed by atoms with Crippen LogP contribution in [-0.4, -0.2) is 31.0 Å². The van der Waals surface area contributed by atoms with Crippen LogP contribution in [0.15, 0.2) is 5.38 Å². The molecule has 1 amide bonds. The maximum absolute atomic E-state index is 11.8. The Labute approximate surface area is 131 Å². The largest absolute Gasteiger partial charge is 0.355 e. The van der Waals surface area contributed by atoms with Gasteiger partial charge in [0.25, 0.3) is 0 Å². The van der Waals surface area contributed by atoms with Gasteiger partial charge in [-0.05, 0) is 19.9 Å². The first-order valence-electron chi connectivity index (χ1n) is 8.07. The fraction of sp³-hybridized carbons (Fsp3) is 0.750. The van der Waals surface area contributed by atoms with E-state index in [1.807, 2.05) is 14.0 Å². The predicted octanol–water partition coefficient (Wildman–Crippen LogP) is 2.71. The molecular weight excluding hydrogens is 282 g/mol. The molecule has 2 N–H and O–H groups in total. The second kappa shape index (κ2) is 8.49. The van der Waals surface area contributed by atoms with Crippen molar-refractivity contribution in [3.8, 4) is 0 Å². The van der Waals surface area contributed by atoms with E-state index in [0.29, 0.717) is 12.5 Å². The third kappa shape index (κ3) is 5.08. The highest BCUT2D eigenvalue weighted by Crippen LogP contribution is 2.33. The molecule has 1 aromatic heterocycles. The fourth-order valence-electron chi connectivity index (χ4n) is 2.89. The normalized spacial score (nSPS) is 17.6. The lowest BCUT2D eigenvalue weighted by Gasteiger charge is -2.19. The van der Waals surface area contributed by atoms with E-state index in [1.54, 1.807) is 11.3 Å². The molecule has 1 aliphatic rings. The lowest BCUT2D eigenvalue weighted by Crippen LogP contribution is -2.35. The van der Waals surface area contributed by atoms with E-state index in [1.165, 1.54) is 37.8 Å². The first kappa shape index (κ1) is 16.4. The second-order valence-corrected chi connectivity index (χ2v) is 6.94. The Kier molecular flexibility index (Phi) is 6.64. The zero-order valence-electron chi connectivity index (χ0n) is 13.2. The van der Waals surface area contributed by atoms with Gasteiger partial charge in [-0.2, -0.15) is 0 Å². The van der Waals surface area contributed by atoms with Crippen molar-refractivity contribution in [2.75, 3.05) is 20.1 Å². The van der Waals surface area contributed by atoms with Crippen LogP contribution < -0.4 is 10.6 Å². The van der Waals surface area contributed by atoms with Crippen LogP contribution in [0.2, 0.25) is 0 Å². The van der Waals surface area contributed by atoms with Gasteiger partial charge in [0.15, 0.2) is 0 Å². The minimum absolute atomic E-state index is 0.0177. The van der Waals surface area contributed by atoms with Gasteiger partial charge in [-0.3, -0.25) is 4.79 Å². The highest BCUT2D eigenvalue weighted by Gasteiger charge is 2.18. The van der Waals surface area contributed by atoms with E-state index in [0.717, 1.165) is 18.0 Å². The number of aromatic nitrogens is 1. The maximum atomic E-state index is 11.8. The molecule has 0 aliphatic heterocycles. The van der Waals surface area contributed by atoms with E-state index < -0.39 is 0 Å². The summed E-state index contributed by atoms with van der Waals surface area (Å²) in [4.78, 5) is 16.6. The van der Waals surface area contributed by atoms with Crippen LogP contribution in [0.1, 0.15) is 55.6 Å². The van der Waals surface area contributed by atoms with Crippen LogP contribution >= 0.6 is 11.3 Å². The third-order valence-corrected chi connectivity index (χ3v) is 5.12. The van der Waals surface area contributed by atoms with Crippen LogP contribution in [0, 0.1) is 5.92 Å². The van der Waals surface area contributed by atoms with Crippen LogP contribution in [0.5, 0.6) is 0 Å². The smallest absolute Gasteiger partial charge is 0.224 e. The highest BCUT2D eigenvalue weighted by molar-refractivity contribution is 7.09. The zero-order valence-corrected chi connectivity index (χ0v) is 14.0. The van der Waals surface area contributed by atoms with Crippen molar-refractivity contribution >= 4 is 17.2 Å². The number of thiazole rings is 1. The molecule has 2 rings (SSSR count). The number of hydrogen-bond donors (Lipinski definition) is 2. The summed E-state index contributed by atoms with van der Waals surface area (Å²) in [5.41, 5.74) is 1.28. The Hall–Kier alpha value is -0.940. The van der Waals surface area contributed by atoms with Gasteiger partial charge in [-0.1, -0.05) is 26.2 Å². The van der Waals surface area contributed by atoms with Gasteiger partial charge >= 0.3 is 0 Å². The molecule has 1 aliphatic carbocycles. The van der Waals surface area contributed by atoms with Crippen LogP contribution in [0.25, 0.3) is 0 Å². The van der Waals surface area contributed by atoms with Gasteiger partial charge in [0.2, 0.25) is 5.91 Å². The van der Waals surface area contributed by atoms with Gasteiger partial charge in [0, 0.05) is 36.7 Å². The van der Waals surface area contributed by atoms with Crippen molar-refractivity contribution < 1.29 is 4.79 Å². The van der Waals surface area contributed by atoms with E-state index in [4.69, 9.17) is 4.98 Å². The van der Waals surface area contributed by atoms with E-state index in [-0.39, 0.29) is 11.8 Å². The summed E-state index contributed by atoms with van der Waals surface area (Å²) in [5.74, 6) is 0.812. The molecule has 0 saturated heterocycles. The molecule has 0 spiro atoms. The molecule has 4 nitrogen and oxygen atoms in total. The number of nitrogens with zero attached hydrogens (tertiary/aromatic N) is 1. The van der Waals surface area contributed by atoms with Crippen LogP contribution in [0.3, 0.4) is 0 Å². The van der Waals surface area contributed by atoms with Crippen molar-refractivity contribution in [2.24, 2.45) is 5.92 Å². The average Bonchev–Trinajstić information content (AvgIpc) is 2.97. The maximum Gasteiger partial charge on any atom is 0.224 e. The third-order valence-electron chi connectivity index (χ3n) is 4.19. The summed E-state index contributed by atoms with van der Waals surface area (Å²) in [6, 6.07) is 0. The summed E-state index contributed by atoms with van der Waals surface area (Å²) in [7, 11) is 1.87. The standard InChI is InChI=1S/C16H27N3OS/c1-12(10-17-2)16(20)18-9-8-15-19-14(11-21-15)13-6-4-3-5-7-13/h11-13,17H,3-10H2,1-2H3,(H,18,20). The lowest BCUT2D eigenvalue weighted by atomic mass is 9.87. The molecule has 21 heavy (non-hydrogen) atoms. The van der Waals surface area contributed by atoms with Gasteiger partial charge in [-0.15, -0.1) is 11.3 Å². The molecule has 0 aromatic carbocycles. The highest BCUT2D eigenvalue weighted by atomic mass is 32.1. The summed E-state index contributed by atoms with van der Waals surface area (Å²) in [5, 5.41) is 9.39. The number of hydrogen-bond acceptors (Lipinski definition) is 4. The van der Waals surface area contributed by atoms with Crippen molar-refractivity contribution in [2.45, 2.75) is 51.4 Å². The number of carbonyl (C=O) groups excluding carboxylic acids is 1. The molecule has 1 heterocycles. The number of carbonyl (C=O) groups is 1. The molecule has 1 saturated carbocycles. The van der Waals surface area contributed by atoms with Gasteiger partial charge in [-0.25, -0.2) is 4.98 Å². The fourth-order valence-corrected chi connectivity index (χ4v) is 3.77. The monoisotopic (exact) mass is 309 g/mol. The number of nitrogens with one attached hydrogen (secondary N) is 2. The van der Waals surface area contributed by atoms with Crippen LogP contribution in [-0.2, 0) is 11.2 Å². The van der Waals surface area contributed by atoms with Gasteiger partial charge in [0.05, 0.1) is 10.7 Å². The Morgan fingerprint density at radius 3 is 2.90 bits per heavy atom. The first-order valence-corrected chi connectivity index (χ1v) is 8.95. The van der Waals surface area contributed by atoms with Crippen molar-refractivity contribution in [3.05, 3.63) is 16.1 Å². The van der Waals surface area contributed by atoms with Gasteiger partial charge < -0.3 is 10.6 Å². The molecule has 118 valence electrons. The van der Waals surface area contributed by atoms with Gasteiger partial charge in [0.1, 0.15) is 0 Å². The molecule has 0 radical (unpaired) electrons. The van der Waals surface area contributed by atoms with E-state index in [2.05, 4.69) is 16.0 Å². The first-order chi connectivity index (χ1) is 10.2. The van der Waals surface area contributed by atoms with Crippen molar-refractivity contribution in [1.29, 1.82) is 0 Å². The number of amides is 1. The minimum atomic E-state index is 0.0177. The second-order valence-electron chi connectivity index (χ2n) is 6.00. The zero-order chi connectivity index (χ0) is 15.1. The Balaban J connectivity index is 1.74. The summed E-state index contributed by atoms with van der Waals surface area (Å²) in [6.07, 6.45) is 7.50. The molecule has 1 aromatic rings. The average molecular weight is 309 g/mol. The molecule has 1 atom stereocenters. The SMILES string of the molecule is CNCC(C)C(=O)NCCc1nc(C2CCCCC2)cs1. The summed E-state index contributed by atoms with van der Waals surface area (Å²) >= 11 is 1.74.